The molecule has 0 aliphatic carbocycles. The maximum absolute atomic E-state index is 13.4. The quantitative estimate of drug-likeness (QED) is 0.906. The molecule has 0 aliphatic heterocycles. The van der Waals surface area contributed by atoms with Gasteiger partial charge >= 0.3 is 0 Å². The van der Waals surface area contributed by atoms with Crippen LogP contribution in [0.4, 0.5) is 10.1 Å². The summed E-state index contributed by atoms with van der Waals surface area (Å²) in [6.45, 7) is 1.92. The van der Waals surface area contributed by atoms with Crippen molar-refractivity contribution < 1.29 is 12.8 Å². The molecule has 0 aromatic heterocycles. The summed E-state index contributed by atoms with van der Waals surface area (Å²) in [5.41, 5.74) is 6.99. The summed E-state index contributed by atoms with van der Waals surface area (Å²) in [5.74, 6) is -0.690. The van der Waals surface area contributed by atoms with Gasteiger partial charge in [-0.1, -0.05) is 23.7 Å². The molecule has 0 saturated heterocycles. The van der Waals surface area contributed by atoms with Crippen molar-refractivity contribution in [1.82, 2.24) is 0 Å². The lowest BCUT2D eigenvalue weighted by atomic mass is 10.1. The molecule has 112 valence electrons. The molecule has 2 rings (SSSR count). The van der Waals surface area contributed by atoms with Gasteiger partial charge in [0, 0.05) is 6.54 Å². The van der Waals surface area contributed by atoms with E-state index >= 15 is 0 Å². The first kappa shape index (κ1) is 15.8. The number of rotatable bonds is 4. The van der Waals surface area contributed by atoms with E-state index in [2.05, 4.69) is 4.72 Å². The van der Waals surface area contributed by atoms with Crippen LogP contribution in [0.25, 0.3) is 0 Å². The van der Waals surface area contributed by atoms with Gasteiger partial charge in [-0.2, -0.15) is 0 Å². The third-order valence-electron chi connectivity index (χ3n) is 3.08. The molecular formula is C14H14ClFN2O2S. The third-order valence-corrected chi connectivity index (χ3v) is 4.91. The van der Waals surface area contributed by atoms with Crippen LogP contribution in [-0.4, -0.2) is 8.42 Å². The van der Waals surface area contributed by atoms with E-state index in [0.717, 1.165) is 11.6 Å². The number of sulfonamides is 1. The maximum atomic E-state index is 13.4. The Morgan fingerprint density at radius 2 is 2.00 bits per heavy atom. The zero-order valence-electron chi connectivity index (χ0n) is 11.2. The Hall–Kier alpha value is -1.63. The average Bonchev–Trinajstić information content (AvgIpc) is 2.42. The van der Waals surface area contributed by atoms with E-state index < -0.39 is 15.8 Å². The largest absolute Gasteiger partial charge is 0.326 e. The Bertz CT molecular complexity index is 779. The lowest BCUT2D eigenvalue weighted by molar-refractivity contribution is 0.600. The first-order valence-corrected chi connectivity index (χ1v) is 7.97. The summed E-state index contributed by atoms with van der Waals surface area (Å²) in [7, 11) is -3.82. The average molecular weight is 329 g/mol. The fraction of sp³-hybridized carbons (Fsp3) is 0.143. The monoisotopic (exact) mass is 328 g/mol. The third kappa shape index (κ3) is 3.34. The SMILES string of the molecule is Cc1c(CN)cccc1S(=O)(=O)Nc1ccc(Cl)c(F)c1. The van der Waals surface area contributed by atoms with Crippen molar-refractivity contribution in [2.24, 2.45) is 5.73 Å². The first-order valence-electron chi connectivity index (χ1n) is 6.11. The minimum atomic E-state index is -3.82. The number of nitrogens with one attached hydrogen (secondary N) is 1. The van der Waals surface area contributed by atoms with E-state index in [1.54, 1.807) is 19.1 Å². The van der Waals surface area contributed by atoms with E-state index in [-0.39, 0.29) is 22.2 Å². The number of anilines is 1. The van der Waals surface area contributed by atoms with Gasteiger partial charge < -0.3 is 5.73 Å². The minimum absolute atomic E-state index is 0.0701. The minimum Gasteiger partial charge on any atom is -0.326 e. The van der Waals surface area contributed by atoms with Crippen LogP contribution < -0.4 is 10.5 Å². The topological polar surface area (TPSA) is 72.2 Å². The number of benzene rings is 2. The van der Waals surface area contributed by atoms with E-state index in [9.17, 15) is 12.8 Å². The van der Waals surface area contributed by atoms with Crippen LogP contribution in [-0.2, 0) is 16.6 Å². The zero-order chi connectivity index (χ0) is 15.6. The first-order chi connectivity index (χ1) is 9.85. The molecule has 0 atom stereocenters. The molecule has 0 bridgehead atoms. The maximum Gasteiger partial charge on any atom is 0.262 e. The van der Waals surface area contributed by atoms with Crippen LogP contribution in [0.15, 0.2) is 41.3 Å². The van der Waals surface area contributed by atoms with Crippen LogP contribution in [0.1, 0.15) is 11.1 Å². The van der Waals surface area contributed by atoms with Gasteiger partial charge in [0.05, 0.1) is 15.6 Å². The van der Waals surface area contributed by atoms with E-state index in [1.165, 1.54) is 18.2 Å². The zero-order valence-corrected chi connectivity index (χ0v) is 12.8. The lowest BCUT2D eigenvalue weighted by Crippen LogP contribution is -2.15. The second kappa shape index (κ2) is 6.01. The van der Waals surface area contributed by atoms with Crippen LogP contribution in [0.3, 0.4) is 0 Å². The molecule has 0 heterocycles. The van der Waals surface area contributed by atoms with Gasteiger partial charge in [0.2, 0.25) is 0 Å². The summed E-state index contributed by atoms with van der Waals surface area (Å²) in [6, 6.07) is 8.57. The normalized spacial score (nSPS) is 11.4. The predicted octanol–water partition coefficient (Wildman–Crippen LogP) is 3.05. The molecule has 2 aromatic rings. The van der Waals surface area contributed by atoms with E-state index in [4.69, 9.17) is 17.3 Å². The highest BCUT2D eigenvalue weighted by Crippen LogP contribution is 2.24. The van der Waals surface area contributed by atoms with Crippen LogP contribution in [0.2, 0.25) is 5.02 Å². The van der Waals surface area contributed by atoms with E-state index in [0.29, 0.717) is 5.56 Å². The molecule has 0 fully saturated rings. The van der Waals surface area contributed by atoms with Gasteiger partial charge in [-0.05, 0) is 42.3 Å². The molecule has 0 unspecified atom stereocenters. The second-order valence-corrected chi connectivity index (χ2v) is 6.54. The molecule has 21 heavy (non-hydrogen) atoms. The van der Waals surface area contributed by atoms with Crippen molar-refractivity contribution >= 4 is 27.3 Å². The van der Waals surface area contributed by atoms with Gasteiger partial charge in [0.15, 0.2) is 0 Å². The Kier molecular flexibility index (Phi) is 4.51. The highest BCUT2D eigenvalue weighted by molar-refractivity contribution is 7.92. The molecule has 3 N–H and O–H groups in total. The summed E-state index contributed by atoms with van der Waals surface area (Å²) >= 11 is 5.57. The van der Waals surface area contributed by atoms with Crippen molar-refractivity contribution in [2.75, 3.05) is 4.72 Å². The number of hydrogen-bond donors (Lipinski definition) is 2. The smallest absolute Gasteiger partial charge is 0.262 e. The molecule has 0 spiro atoms. The molecule has 2 aromatic carbocycles. The predicted molar refractivity (Wildman–Crippen MR) is 81.3 cm³/mol. The number of nitrogens with two attached hydrogens (primary N) is 1. The molecular weight excluding hydrogens is 315 g/mol. The van der Waals surface area contributed by atoms with Crippen LogP contribution in [0, 0.1) is 12.7 Å². The fourth-order valence-electron chi connectivity index (χ4n) is 1.94. The highest BCUT2D eigenvalue weighted by atomic mass is 35.5. The lowest BCUT2D eigenvalue weighted by Gasteiger charge is -2.13. The van der Waals surface area contributed by atoms with Crippen LogP contribution >= 0.6 is 11.6 Å². The van der Waals surface area contributed by atoms with Crippen molar-refractivity contribution in [2.45, 2.75) is 18.4 Å². The summed E-state index contributed by atoms with van der Waals surface area (Å²) < 4.78 is 40.5. The molecule has 0 amide bonds. The van der Waals surface area contributed by atoms with Crippen molar-refractivity contribution in [3.63, 3.8) is 0 Å². The Labute approximate surface area is 127 Å². The second-order valence-electron chi connectivity index (χ2n) is 4.48. The van der Waals surface area contributed by atoms with Gasteiger partial charge in [-0.15, -0.1) is 0 Å². The standard InChI is InChI=1S/C14H14ClFN2O2S/c1-9-10(8-17)3-2-4-14(9)21(19,20)18-11-5-6-12(15)13(16)7-11/h2-7,18H,8,17H2,1H3. The molecule has 4 nitrogen and oxygen atoms in total. The van der Waals surface area contributed by atoms with E-state index in [1.807, 2.05) is 0 Å². The number of hydrogen-bond acceptors (Lipinski definition) is 3. The van der Waals surface area contributed by atoms with Gasteiger partial charge in [-0.3, -0.25) is 4.72 Å². The highest BCUT2D eigenvalue weighted by Gasteiger charge is 2.18. The molecule has 7 heteroatoms. The summed E-state index contributed by atoms with van der Waals surface area (Å²) in [5, 5.41) is -0.0701. The Balaban J connectivity index is 2.41. The summed E-state index contributed by atoms with van der Waals surface area (Å²) in [4.78, 5) is 0.112. The summed E-state index contributed by atoms with van der Waals surface area (Å²) in [6.07, 6.45) is 0. The van der Waals surface area contributed by atoms with Crippen molar-refractivity contribution in [1.29, 1.82) is 0 Å². The molecule has 0 aliphatic rings. The number of halogens is 2. The Morgan fingerprint density at radius 3 is 2.62 bits per heavy atom. The fourth-order valence-corrected chi connectivity index (χ4v) is 3.40. The molecule has 0 radical (unpaired) electrons. The molecule has 0 saturated carbocycles. The van der Waals surface area contributed by atoms with Gasteiger partial charge in [-0.25, -0.2) is 12.8 Å². The van der Waals surface area contributed by atoms with Crippen molar-refractivity contribution in [3.8, 4) is 0 Å². The van der Waals surface area contributed by atoms with Gasteiger partial charge in [0.1, 0.15) is 5.82 Å². The van der Waals surface area contributed by atoms with Crippen LogP contribution in [0.5, 0.6) is 0 Å². The van der Waals surface area contributed by atoms with Gasteiger partial charge in [0.25, 0.3) is 10.0 Å². The van der Waals surface area contributed by atoms with Crippen molar-refractivity contribution in [3.05, 3.63) is 58.4 Å². The Morgan fingerprint density at radius 1 is 1.29 bits per heavy atom.